The summed E-state index contributed by atoms with van der Waals surface area (Å²) in [4.78, 5) is 2.15. The van der Waals surface area contributed by atoms with Crippen molar-refractivity contribution in [3.63, 3.8) is 0 Å². The van der Waals surface area contributed by atoms with E-state index in [9.17, 15) is 0 Å². The Morgan fingerprint density at radius 3 is 2.31 bits per heavy atom. The molecule has 0 unspecified atom stereocenters. The van der Waals surface area contributed by atoms with Crippen molar-refractivity contribution in [2.75, 3.05) is 13.1 Å². The quantitative estimate of drug-likeness (QED) is 0.512. The molecule has 1 heterocycles. The maximum Gasteiger partial charge on any atom is 0.128 e. The molecule has 0 radical (unpaired) electrons. The summed E-state index contributed by atoms with van der Waals surface area (Å²) in [5.74, 6) is 0.679. The third kappa shape index (κ3) is 1.72. The first-order valence-corrected chi connectivity index (χ1v) is 4.77. The predicted octanol–water partition coefficient (Wildman–Crippen LogP) is 2.11. The standard InChI is InChI=1S/C11H14N2/c12-11(13-8-4-5-9-13)10-6-2-1-3-7-10/h1-3,6-7,12H,4-5,8-9H2. The van der Waals surface area contributed by atoms with Crippen LogP contribution >= 0.6 is 0 Å². The van der Waals surface area contributed by atoms with Crippen LogP contribution in [0.25, 0.3) is 0 Å². The molecule has 2 nitrogen and oxygen atoms in total. The van der Waals surface area contributed by atoms with Gasteiger partial charge in [0.25, 0.3) is 0 Å². The molecule has 0 spiro atoms. The number of hydrogen-bond donors (Lipinski definition) is 1. The molecule has 2 rings (SSSR count). The zero-order chi connectivity index (χ0) is 9.10. The minimum atomic E-state index is 0.679. The van der Waals surface area contributed by atoms with E-state index < -0.39 is 0 Å². The van der Waals surface area contributed by atoms with Gasteiger partial charge in [-0.05, 0) is 12.8 Å². The average Bonchev–Trinajstić information content (AvgIpc) is 2.71. The number of likely N-dealkylation sites (tertiary alicyclic amines) is 1. The Morgan fingerprint density at radius 1 is 1.08 bits per heavy atom. The van der Waals surface area contributed by atoms with Crippen LogP contribution in [0.15, 0.2) is 30.3 Å². The minimum Gasteiger partial charge on any atom is -0.357 e. The minimum absolute atomic E-state index is 0.679. The van der Waals surface area contributed by atoms with Crippen LogP contribution in [0.1, 0.15) is 18.4 Å². The summed E-state index contributed by atoms with van der Waals surface area (Å²) in [5.41, 5.74) is 1.03. The molecule has 0 atom stereocenters. The maximum atomic E-state index is 7.95. The number of amidine groups is 1. The lowest BCUT2D eigenvalue weighted by molar-refractivity contribution is 0.517. The molecule has 0 amide bonds. The Hall–Kier alpha value is -1.31. The first-order valence-electron chi connectivity index (χ1n) is 4.77. The zero-order valence-electron chi connectivity index (χ0n) is 7.66. The van der Waals surface area contributed by atoms with E-state index in [0.717, 1.165) is 18.7 Å². The molecule has 0 bridgehead atoms. The van der Waals surface area contributed by atoms with Crippen LogP contribution in [0.5, 0.6) is 0 Å². The third-order valence-corrected chi connectivity index (χ3v) is 2.47. The van der Waals surface area contributed by atoms with Gasteiger partial charge < -0.3 is 4.90 Å². The summed E-state index contributed by atoms with van der Waals surface area (Å²) in [5, 5.41) is 7.95. The van der Waals surface area contributed by atoms with Crippen molar-refractivity contribution in [3.8, 4) is 0 Å². The monoisotopic (exact) mass is 174 g/mol. The highest BCUT2D eigenvalue weighted by atomic mass is 15.2. The summed E-state index contributed by atoms with van der Waals surface area (Å²) in [6, 6.07) is 9.96. The Morgan fingerprint density at radius 2 is 1.69 bits per heavy atom. The summed E-state index contributed by atoms with van der Waals surface area (Å²) >= 11 is 0. The van der Waals surface area contributed by atoms with Crippen molar-refractivity contribution in [1.82, 2.24) is 4.90 Å². The summed E-state index contributed by atoms with van der Waals surface area (Å²) in [7, 11) is 0. The summed E-state index contributed by atoms with van der Waals surface area (Å²) in [6.07, 6.45) is 2.46. The second-order valence-electron chi connectivity index (χ2n) is 3.41. The van der Waals surface area contributed by atoms with Gasteiger partial charge in [-0.1, -0.05) is 30.3 Å². The van der Waals surface area contributed by atoms with E-state index in [4.69, 9.17) is 5.41 Å². The Kier molecular flexibility index (Phi) is 2.30. The second-order valence-corrected chi connectivity index (χ2v) is 3.41. The van der Waals surface area contributed by atoms with Crippen LogP contribution in [-0.2, 0) is 0 Å². The fraction of sp³-hybridized carbons (Fsp3) is 0.364. The lowest BCUT2D eigenvalue weighted by Gasteiger charge is -2.18. The summed E-state index contributed by atoms with van der Waals surface area (Å²) in [6.45, 7) is 2.10. The highest BCUT2D eigenvalue weighted by Gasteiger charge is 2.15. The molecule has 1 N–H and O–H groups in total. The third-order valence-electron chi connectivity index (χ3n) is 2.47. The van der Waals surface area contributed by atoms with Gasteiger partial charge in [-0.3, -0.25) is 5.41 Å². The number of rotatable bonds is 1. The van der Waals surface area contributed by atoms with Gasteiger partial charge in [0.05, 0.1) is 0 Å². The zero-order valence-corrected chi connectivity index (χ0v) is 7.66. The van der Waals surface area contributed by atoms with Gasteiger partial charge in [-0.25, -0.2) is 0 Å². The average molecular weight is 174 g/mol. The molecular formula is C11H14N2. The lowest BCUT2D eigenvalue weighted by Crippen LogP contribution is -2.27. The van der Waals surface area contributed by atoms with E-state index in [-0.39, 0.29) is 0 Å². The van der Waals surface area contributed by atoms with Crippen LogP contribution in [0.3, 0.4) is 0 Å². The van der Waals surface area contributed by atoms with Crippen LogP contribution in [0, 0.1) is 5.41 Å². The van der Waals surface area contributed by atoms with Crippen molar-refractivity contribution in [3.05, 3.63) is 35.9 Å². The Balaban J connectivity index is 2.13. The molecule has 1 aliphatic rings. The molecule has 1 aromatic rings. The van der Waals surface area contributed by atoms with Gasteiger partial charge in [0.2, 0.25) is 0 Å². The van der Waals surface area contributed by atoms with Crippen molar-refractivity contribution < 1.29 is 0 Å². The van der Waals surface area contributed by atoms with Crippen molar-refractivity contribution in [2.45, 2.75) is 12.8 Å². The van der Waals surface area contributed by atoms with Gasteiger partial charge >= 0.3 is 0 Å². The maximum absolute atomic E-state index is 7.95. The van der Waals surface area contributed by atoms with Crippen LogP contribution < -0.4 is 0 Å². The van der Waals surface area contributed by atoms with Gasteiger partial charge in [-0.15, -0.1) is 0 Å². The van der Waals surface area contributed by atoms with E-state index >= 15 is 0 Å². The predicted molar refractivity (Wildman–Crippen MR) is 54.1 cm³/mol. The van der Waals surface area contributed by atoms with Gasteiger partial charge in [0.1, 0.15) is 5.84 Å². The smallest absolute Gasteiger partial charge is 0.128 e. The first kappa shape index (κ1) is 8.30. The Bertz CT molecular complexity index is 286. The van der Waals surface area contributed by atoms with E-state index in [2.05, 4.69) is 4.90 Å². The van der Waals surface area contributed by atoms with Crippen molar-refractivity contribution in [2.24, 2.45) is 0 Å². The first-order chi connectivity index (χ1) is 6.38. The SMILES string of the molecule is N=C(c1ccccc1)N1CCCC1. The molecule has 1 saturated heterocycles. The molecule has 2 heteroatoms. The largest absolute Gasteiger partial charge is 0.357 e. The molecular weight excluding hydrogens is 160 g/mol. The topological polar surface area (TPSA) is 27.1 Å². The Labute approximate surface area is 78.7 Å². The highest BCUT2D eigenvalue weighted by molar-refractivity contribution is 5.96. The molecule has 68 valence electrons. The highest BCUT2D eigenvalue weighted by Crippen LogP contribution is 2.12. The van der Waals surface area contributed by atoms with Crippen molar-refractivity contribution in [1.29, 1.82) is 5.41 Å². The molecule has 13 heavy (non-hydrogen) atoms. The van der Waals surface area contributed by atoms with Crippen molar-refractivity contribution >= 4 is 5.84 Å². The van der Waals surface area contributed by atoms with Gasteiger partial charge in [0.15, 0.2) is 0 Å². The van der Waals surface area contributed by atoms with E-state index in [0.29, 0.717) is 5.84 Å². The summed E-state index contributed by atoms with van der Waals surface area (Å²) < 4.78 is 0. The molecule has 1 fully saturated rings. The number of nitrogens with one attached hydrogen (secondary N) is 1. The van der Waals surface area contributed by atoms with Gasteiger partial charge in [-0.2, -0.15) is 0 Å². The number of nitrogens with zero attached hydrogens (tertiary/aromatic N) is 1. The lowest BCUT2D eigenvalue weighted by atomic mass is 10.2. The molecule has 0 saturated carbocycles. The van der Waals surface area contributed by atoms with Crippen LogP contribution in [0.2, 0.25) is 0 Å². The van der Waals surface area contributed by atoms with E-state index in [1.807, 2.05) is 30.3 Å². The molecule has 0 aliphatic carbocycles. The van der Waals surface area contributed by atoms with Crippen LogP contribution in [-0.4, -0.2) is 23.8 Å². The fourth-order valence-electron chi connectivity index (χ4n) is 1.72. The molecule has 1 aromatic carbocycles. The van der Waals surface area contributed by atoms with E-state index in [1.54, 1.807) is 0 Å². The molecule has 1 aliphatic heterocycles. The number of hydrogen-bond acceptors (Lipinski definition) is 1. The molecule has 0 aromatic heterocycles. The number of benzene rings is 1. The van der Waals surface area contributed by atoms with Gasteiger partial charge in [0, 0.05) is 18.7 Å². The fourth-order valence-corrected chi connectivity index (χ4v) is 1.72. The second kappa shape index (κ2) is 3.60. The normalized spacial score (nSPS) is 16.2. The van der Waals surface area contributed by atoms with E-state index in [1.165, 1.54) is 12.8 Å². The van der Waals surface area contributed by atoms with Crippen LogP contribution in [0.4, 0.5) is 0 Å².